The monoisotopic (exact) mass is 289 g/mol. The van der Waals surface area contributed by atoms with Crippen molar-refractivity contribution in [3.63, 3.8) is 0 Å². The third-order valence-corrected chi connectivity index (χ3v) is 4.03. The fourth-order valence-corrected chi connectivity index (χ4v) is 2.88. The topological polar surface area (TPSA) is 76.7 Å². The predicted octanol–water partition coefficient (Wildman–Crippen LogP) is 2.86. The molecule has 0 aliphatic rings. The fraction of sp³-hybridized carbons (Fsp3) is 0.0833. The van der Waals surface area contributed by atoms with E-state index in [1.54, 1.807) is 0 Å². The first-order chi connectivity index (χ1) is 9.31. The van der Waals surface area contributed by atoms with Crippen LogP contribution in [0.1, 0.15) is 5.56 Å². The first-order valence-corrected chi connectivity index (χ1v) is 7.33. The number of nitrogens with one attached hydrogen (secondary N) is 1. The van der Waals surface area contributed by atoms with Crippen molar-refractivity contribution in [2.24, 2.45) is 0 Å². The van der Waals surface area contributed by atoms with Crippen LogP contribution in [0.2, 0.25) is 0 Å². The Morgan fingerprint density at radius 2 is 2.00 bits per heavy atom. The van der Waals surface area contributed by atoms with Crippen molar-refractivity contribution in [3.05, 3.63) is 41.3 Å². The van der Waals surface area contributed by atoms with Crippen molar-refractivity contribution in [1.82, 2.24) is 15.2 Å². The van der Waals surface area contributed by atoms with Crippen LogP contribution in [0.4, 0.5) is 10.3 Å². The SMILES string of the molecule is Nc1nc(-c2nnc(NCc3ccccc3)s2)cs1. The van der Waals surface area contributed by atoms with Crippen molar-refractivity contribution < 1.29 is 0 Å². The number of nitrogen functional groups attached to an aromatic ring is 1. The van der Waals surface area contributed by atoms with E-state index in [0.717, 1.165) is 22.4 Å². The fourth-order valence-electron chi connectivity index (χ4n) is 1.56. The van der Waals surface area contributed by atoms with Crippen LogP contribution in [0.25, 0.3) is 10.7 Å². The third-order valence-electron chi connectivity index (χ3n) is 2.45. The van der Waals surface area contributed by atoms with Gasteiger partial charge in [0, 0.05) is 11.9 Å². The molecule has 0 radical (unpaired) electrons. The Morgan fingerprint density at radius 1 is 1.16 bits per heavy atom. The smallest absolute Gasteiger partial charge is 0.206 e. The van der Waals surface area contributed by atoms with Gasteiger partial charge in [-0.15, -0.1) is 21.5 Å². The molecule has 1 aromatic carbocycles. The minimum absolute atomic E-state index is 0.545. The van der Waals surface area contributed by atoms with E-state index in [2.05, 4.69) is 32.6 Å². The summed E-state index contributed by atoms with van der Waals surface area (Å²) >= 11 is 2.88. The Balaban J connectivity index is 1.68. The zero-order valence-corrected chi connectivity index (χ0v) is 11.5. The van der Waals surface area contributed by atoms with Crippen molar-refractivity contribution in [1.29, 1.82) is 0 Å². The van der Waals surface area contributed by atoms with Gasteiger partial charge < -0.3 is 11.1 Å². The number of nitrogens with zero attached hydrogens (tertiary/aromatic N) is 3. The van der Waals surface area contributed by atoms with Gasteiger partial charge in [-0.2, -0.15) is 0 Å². The summed E-state index contributed by atoms with van der Waals surface area (Å²) in [5, 5.41) is 15.4. The zero-order chi connectivity index (χ0) is 13.1. The highest BCUT2D eigenvalue weighted by Crippen LogP contribution is 2.28. The molecule has 19 heavy (non-hydrogen) atoms. The Kier molecular flexibility index (Phi) is 3.39. The van der Waals surface area contributed by atoms with Gasteiger partial charge in [-0.1, -0.05) is 41.7 Å². The third kappa shape index (κ3) is 2.88. The van der Waals surface area contributed by atoms with Crippen molar-refractivity contribution in [2.75, 3.05) is 11.1 Å². The van der Waals surface area contributed by atoms with Gasteiger partial charge in [-0.25, -0.2) is 4.98 Å². The molecule has 0 unspecified atom stereocenters. The van der Waals surface area contributed by atoms with Gasteiger partial charge in [-0.05, 0) is 5.56 Å². The van der Waals surface area contributed by atoms with Crippen LogP contribution >= 0.6 is 22.7 Å². The summed E-state index contributed by atoms with van der Waals surface area (Å²) in [6.07, 6.45) is 0. The van der Waals surface area contributed by atoms with Crippen LogP contribution in [0.3, 0.4) is 0 Å². The van der Waals surface area contributed by atoms with E-state index >= 15 is 0 Å². The summed E-state index contributed by atoms with van der Waals surface area (Å²) in [6.45, 7) is 0.731. The van der Waals surface area contributed by atoms with E-state index in [0.29, 0.717) is 5.13 Å². The standard InChI is InChI=1S/C12H11N5S2/c13-11-15-9(7-18-11)10-16-17-12(19-10)14-6-8-4-2-1-3-5-8/h1-5,7H,6H2,(H2,13,15)(H,14,17). The van der Waals surface area contributed by atoms with Gasteiger partial charge in [0.05, 0.1) is 0 Å². The number of rotatable bonds is 4. The van der Waals surface area contributed by atoms with Crippen LogP contribution in [0.5, 0.6) is 0 Å². The Morgan fingerprint density at radius 3 is 2.74 bits per heavy atom. The zero-order valence-electron chi connectivity index (χ0n) is 9.91. The van der Waals surface area contributed by atoms with Crippen LogP contribution in [0, 0.1) is 0 Å². The Bertz CT molecular complexity index is 662. The van der Waals surface area contributed by atoms with E-state index in [1.165, 1.54) is 28.2 Å². The summed E-state index contributed by atoms with van der Waals surface area (Å²) in [7, 11) is 0. The number of anilines is 2. The molecule has 3 N–H and O–H groups in total. The van der Waals surface area contributed by atoms with Crippen molar-refractivity contribution in [2.45, 2.75) is 6.54 Å². The predicted molar refractivity (Wildman–Crippen MR) is 79.2 cm³/mol. The average Bonchev–Trinajstić information content (AvgIpc) is 3.06. The Hall–Kier alpha value is -1.99. The summed E-state index contributed by atoms with van der Waals surface area (Å²) in [5.41, 5.74) is 7.60. The molecule has 0 aliphatic heterocycles. The van der Waals surface area contributed by atoms with Crippen LogP contribution in [-0.2, 0) is 6.54 Å². The first-order valence-electron chi connectivity index (χ1n) is 5.64. The lowest BCUT2D eigenvalue weighted by molar-refractivity contribution is 1.05. The molecule has 0 amide bonds. The molecule has 96 valence electrons. The minimum atomic E-state index is 0.545. The van der Waals surface area contributed by atoms with E-state index in [1.807, 2.05) is 23.6 Å². The maximum atomic E-state index is 5.61. The second-order valence-electron chi connectivity index (χ2n) is 3.82. The highest BCUT2D eigenvalue weighted by molar-refractivity contribution is 7.19. The van der Waals surface area contributed by atoms with Crippen LogP contribution in [0.15, 0.2) is 35.7 Å². The first kappa shape index (κ1) is 12.1. The number of thiazole rings is 1. The highest BCUT2D eigenvalue weighted by Gasteiger charge is 2.09. The lowest BCUT2D eigenvalue weighted by atomic mass is 10.2. The summed E-state index contributed by atoms with van der Waals surface area (Å²) < 4.78 is 0. The van der Waals surface area contributed by atoms with E-state index in [9.17, 15) is 0 Å². The number of nitrogens with two attached hydrogens (primary N) is 1. The highest BCUT2D eigenvalue weighted by atomic mass is 32.1. The largest absolute Gasteiger partial charge is 0.375 e. The van der Waals surface area contributed by atoms with Crippen LogP contribution in [-0.4, -0.2) is 15.2 Å². The van der Waals surface area contributed by atoms with E-state index in [-0.39, 0.29) is 0 Å². The minimum Gasteiger partial charge on any atom is -0.375 e. The van der Waals surface area contributed by atoms with Gasteiger partial charge in [0.15, 0.2) is 10.1 Å². The number of hydrogen-bond donors (Lipinski definition) is 2. The lowest BCUT2D eigenvalue weighted by Crippen LogP contribution is -1.98. The molecule has 0 spiro atoms. The molecule has 0 atom stereocenters. The number of aromatic nitrogens is 3. The molecule has 3 rings (SSSR count). The molecule has 0 fully saturated rings. The maximum Gasteiger partial charge on any atom is 0.206 e. The summed E-state index contributed by atoms with van der Waals surface area (Å²) in [5.74, 6) is 0. The van der Waals surface area contributed by atoms with Gasteiger partial charge in [0.2, 0.25) is 5.13 Å². The molecule has 0 aliphatic carbocycles. The quantitative estimate of drug-likeness (QED) is 0.772. The normalized spacial score (nSPS) is 10.5. The molecular formula is C12H11N5S2. The van der Waals surface area contributed by atoms with Gasteiger partial charge in [-0.3, -0.25) is 0 Å². The molecule has 7 heteroatoms. The summed E-state index contributed by atoms with van der Waals surface area (Å²) in [6, 6.07) is 10.2. The van der Waals surface area contributed by atoms with Gasteiger partial charge in [0.25, 0.3) is 0 Å². The molecular weight excluding hydrogens is 278 g/mol. The van der Waals surface area contributed by atoms with E-state index in [4.69, 9.17) is 5.73 Å². The average molecular weight is 289 g/mol. The molecule has 2 aromatic heterocycles. The van der Waals surface area contributed by atoms with Crippen molar-refractivity contribution in [3.8, 4) is 10.7 Å². The molecule has 5 nitrogen and oxygen atoms in total. The lowest BCUT2D eigenvalue weighted by Gasteiger charge is -2.00. The molecule has 3 aromatic rings. The molecule has 0 saturated carbocycles. The van der Waals surface area contributed by atoms with Crippen molar-refractivity contribution >= 4 is 32.9 Å². The van der Waals surface area contributed by atoms with Gasteiger partial charge in [0.1, 0.15) is 5.69 Å². The number of benzene rings is 1. The molecule has 2 heterocycles. The second kappa shape index (κ2) is 5.33. The maximum absolute atomic E-state index is 5.61. The Labute approximate surface area is 118 Å². The van der Waals surface area contributed by atoms with Crippen LogP contribution < -0.4 is 11.1 Å². The molecule has 0 bridgehead atoms. The van der Waals surface area contributed by atoms with Gasteiger partial charge >= 0.3 is 0 Å². The number of hydrogen-bond acceptors (Lipinski definition) is 7. The van der Waals surface area contributed by atoms with E-state index < -0.39 is 0 Å². The summed E-state index contributed by atoms with van der Waals surface area (Å²) in [4.78, 5) is 4.19. The second-order valence-corrected chi connectivity index (χ2v) is 5.69. The molecule has 0 saturated heterocycles.